The molecule has 1 aromatic carbocycles. The summed E-state index contributed by atoms with van der Waals surface area (Å²) in [4.78, 5) is 11.3. The predicted molar refractivity (Wildman–Crippen MR) is 78.4 cm³/mol. The number of aliphatic carboxylic acids is 1. The fraction of sp³-hybridized carbons (Fsp3) is 0.357. The van der Waals surface area contributed by atoms with Crippen LogP contribution in [-0.4, -0.2) is 34.2 Å². The summed E-state index contributed by atoms with van der Waals surface area (Å²) >= 11 is 0. The Balaban J connectivity index is 2.25. The number of nitrogens with two attached hydrogens (primary N) is 2. The number of hydrogen-bond donors (Lipinski definition) is 3. The molecule has 5 N–H and O–H groups in total. The van der Waals surface area contributed by atoms with Crippen LogP contribution in [0, 0.1) is 0 Å². The summed E-state index contributed by atoms with van der Waals surface area (Å²) in [6.07, 6.45) is 0. The molecule has 1 aliphatic heterocycles. The number of carbonyl (C=O) groups is 1. The van der Waals surface area contributed by atoms with Crippen LogP contribution < -0.4 is 11.5 Å². The molecule has 1 heterocycles. The van der Waals surface area contributed by atoms with Gasteiger partial charge in [-0.25, -0.2) is 9.80 Å². The lowest BCUT2D eigenvalue weighted by atomic mass is 10.1. The molecule has 0 amide bonds. The average Bonchev–Trinajstić information content (AvgIpc) is 2.52. The van der Waals surface area contributed by atoms with Crippen LogP contribution in [-0.2, 0) is 11.3 Å². The number of nitrogen functional groups attached to an aromatic ring is 2. The largest absolute Gasteiger partial charge is 0.477 e. The summed E-state index contributed by atoms with van der Waals surface area (Å²) < 4.78 is 0. The SMILES string of the molecule is CC1=C(C(=O)O)N(C)N(Cc2cc(N)cc(N)c2)C1C. The normalized spacial score (nSPS) is 19.8. The lowest BCUT2D eigenvalue weighted by Gasteiger charge is -2.31. The van der Waals surface area contributed by atoms with Crippen molar-refractivity contribution in [2.45, 2.75) is 26.4 Å². The fourth-order valence-corrected chi connectivity index (χ4v) is 2.64. The average molecular weight is 276 g/mol. The lowest BCUT2D eigenvalue weighted by Crippen LogP contribution is -2.39. The minimum Gasteiger partial charge on any atom is -0.477 e. The maximum absolute atomic E-state index is 11.3. The molecule has 20 heavy (non-hydrogen) atoms. The van der Waals surface area contributed by atoms with Crippen molar-refractivity contribution in [2.24, 2.45) is 0 Å². The van der Waals surface area contributed by atoms with E-state index in [4.69, 9.17) is 11.5 Å². The van der Waals surface area contributed by atoms with Crippen molar-refractivity contribution in [3.05, 3.63) is 35.0 Å². The number of rotatable bonds is 3. The van der Waals surface area contributed by atoms with Crippen molar-refractivity contribution in [1.82, 2.24) is 10.0 Å². The van der Waals surface area contributed by atoms with Gasteiger partial charge in [0.25, 0.3) is 0 Å². The van der Waals surface area contributed by atoms with Crippen molar-refractivity contribution in [3.8, 4) is 0 Å². The first-order valence-corrected chi connectivity index (χ1v) is 6.40. The lowest BCUT2D eigenvalue weighted by molar-refractivity contribution is -0.136. The Morgan fingerprint density at radius 3 is 2.30 bits per heavy atom. The van der Waals surface area contributed by atoms with Gasteiger partial charge in [0.2, 0.25) is 0 Å². The van der Waals surface area contributed by atoms with Gasteiger partial charge in [-0.3, -0.25) is 0 Å². The van der Waals surface area contributed by atoms with Crippen molar-refractivity contribution in [3.63, 3.8) is 0 Å². The highest BCUT2D eigenvalue weighted by Crippen LogP contribution is 2.29. The molecule has 0 spiro atoms. The summed E-state index contributed by atoms with van der Waals surface area (Å²) in [6, 6.07) is 5.43. The minimum absolute atomic E-state index is 0.0220. The summed E-state index contributed by atoms with van der Waals surface area (Å²) in [7, 11) is 1.76. The Hall–Kier alpha value is -2.21. The van der Waals surface area contributed by atoms with Crippen LogP contribution in [0.5, 0.6) is 0 Å². The van der Waals surface area contributed by atoms with Gasteiger partial charge in [0.15, 0.2) is 0 Å². The molecule has 1 aromatic rings. The standard InChI is InChI=1S/C14H20N4O2/c1-8-9(2)18(17(3)13(8)14(19)20)7-10-4-11(15)6-12(16)5-10/h4-6,9H,7,15-16H2,1-3H3,(H,19,20). The van der Waals surface area contributed by atoms with Crippen LogP contribution >= 0.6 is 0 Å². The predicted octanol–water partition coefficient (Wildman–Crippen LogP) is 1.26. The van der Waals surface area contributed by atoms with Gasteiger partial charge in [-0.1, -0.05) is 0 Å². The number of benzene rings is 1. The second-order valence-corrected chi connectivity index (χ2v) is 5.14. The smallest absolute Gasteiger partial charge is 0.353 e. The Morgan fingerprint density at radius 1 is 1.30 bits per heavy atom. The van der Waals surface area contributed by atoms with Crippen LogP contribution in [0.25, 0.3) is 0 Å². The van der Waals surface area contributed by atoms with E-state index in [0.29, 0.717) is 23.6 Å². The van der Waals surface area contributed by atoms with E-state index in [-0.39, 0.29) is 6.04 Å². The number of hydrazine groups is 1. The number of anilines is 2. The quantitative estimate of drug-likeness (QED) is 0.719. The second-order valence-electron chi connectivity index (χ2n) is 5.14. The summed E-state index contributed by atoms with van der Waals surface area (Å²) in [5, 5.41) is 12.9. The zero-order valence-corrected chi connectivity index (χ0v) is 11.9. The maximum atomic E-state index is 11.3. The highest BCUT2D eigenvalue weighted by Gasteiger charge is 2.34. The van der Waals surface area contributed by atoms with Crippen LogP contribution in [0.2, 0.25) is 0 Å². The van der Waals surface area contributed by atoms with E-state index in [0.717, 1.165) is 11.1 Å². The zero-order chi connectivity index (χ0) is 15.0. The first-order chi connectivity index (χ1) is 9.31. The number of likely N-dealkylation sites (N-methyl/N-ethyl adjacent to an activating group) is 1. The zero-order valence-electron chi connectivity index (χ0n) is 11.9. The summed E-state index contributed by atoms with van der Waals surface area (Å²) in [5.41, 5.74) is 14.9. The number of nitrogens with zero attached hydrogens (tertiary/aromatic N) is 2. The summed E-state index contributed by atoms with van der Waals surface area (Å²) in [6.45, 7) is 4.39. The fourth-order valence-electron chi connectivity index (χ4n) is 2.64. The molecule has 0 fully saturated rings. The molecule has 0 aromatic heterocycles. The summed E-state index contributed by atoms with van der Waals surface area (Å²) in [5.74, 6) is -0.911. The monoisotopic (exact) mass is 276 g/mol. The van der Waals surface area contributed by atoms with Gasteiger partial charge in [0.05, 0.1) is 6.04 Å². The van der Waals surface area contributed by atoms with Gasteiger partial charge in [-0.15, -0.1) is 0 Å². The van der Waals surface area contributed by atoms with Gasteiger partial charge in [-0.2, -0.15) is 0 Å². The molecule has 1 atom stereocenters. The van der Waals surface area contributed by atoms with Crippen molar-refractivity contribution in [2.75, 3.05) is 18.5 Å². The Kier molecular flexibility index (Phi) is 3.59. The Labute approximate surface area is 118 Å². The van der Waals surface area contributed by atoms with Crippen LogP contribution in [0.15, 0.2) is 29.5 Å². The van der Waals surface area contributed by atoms with E-state index in [1.807, 2.05) is 31.0 Å². The van der Waals surface area contributed by atoms with E-state index >= 15 is 0 Å². The first-order valence-electron chi connectivity index (χ1n) is 6.40. The third-order valence-electron chi connectivity index (χ3n) is 3.74. The number of carboxylic acid groups (broad SMARTS) is 1. The van der Waals surface area contributed by atoms with Gasteiger partial charge in [0.1, 0.15) is 5.70 Å². The van der Waals surface area contributed by atoms with Crippen LogP contribution in [0.1, 0.15) is 19.4 Å². The Bertz CT molecular complexity index is 562. The van der Waals surface area contributed by atoms with Gasteiger partial charge < -0.3 is 21.6 Å². The highest BCUT2D eigenvalue weighted by molar-refractivity contribution is 5.87. The molecule has 6 heteroatoms. The third kappa shape index (κ3) is 2.42. The molecule has 6 nitrogen and oxygen atoms in total. The van der Waals surface area contributed by atoms with Crippen molar-refractivity contribution >= 4 is 17.3 Å². The molecule has 0 saturated carbocycles. The molecule has 1 unspecified atom stereocenters. The molecule has 0 bridgehead atoms. The number of carboxylic acids is 1. The molecule has 108 valence electrons. The molecule has 0 radical (unpaired) electrons. The maximum Gasteiger partial charge on any atom is 0.353 e. The van der Waals surface area contributed by atoms with E-state index in [2.05, 4.69) is 0 Å². The Morgan fingerprint density at radius 2 is 1.85 bits per heavy atom. The highest BCUT2D eigenvalue weighted by atomic mass is 16.4. The van der Waals surface area contributed by atoms with Gasteiger partial charge in [-0.05, 0) is 43.2 Å². The molecular weight excluding hydrogens is 256 g/mol. The van der Waals surface area contributed by atoms with Crippen molar-refractivity contribution in [1.29, 1.82) is 0 Å². The van der Waals surface area contributed by atoms with E-state index in [9.17, 15) is 9.90 Å². The molecular formula is C14H20N4O2. The minimum atomic E-state index is -0.911. The molecule has 0 saturated heterocycles. The molecule has 1 aliphatic rings. The van der Waals surface area contributed by atoms with E-state index < -0.39 is 5.97 Å². The first kappa shape index (κ1) is 14.2. The second kappa shape index (κ2) is 5.05. The third-order valence-corrected chi connectivity index (χ3v) is 3.74. The van der Waals surface area contributed by atoms with Crippen molar-refractivity contribution < 1.29 is 9.90 Å². The van der Waals surface area contributed by atoms with E-state index in [1.54, 1.807) is 18.1 Å². The van der Waals surface area contributed by atoms with Crippen LogP contribution in [0.4, 0.5) is 11.4 Å². The molecule has 2 rings (SSSR count). The molecule has 0 aliphatic carbocycles. The van der Waals surface area contributed by atoms with Gasteiger partial charge in [0, 0.05) is 25.0 Å². The topological polar surface area (TPSA) is 95.8 Å². The van der Waals surface area contributed by atoms with E-state index in [1.165, 1.54) is 0 Å². The van der Waals surface area contributed by atoms with Crippen LogP contribution in [0.3, 0.4) is 0 Å². The van der Waals surface area contributed by atoms with Gasteiger partial charge >= 0.3 is 5.97 Å². The number of hydrogen-bond acceptors (Lipinski definition) is 5.